The summed E-state index contributed by atoms with van der Waals surface area (Å²) in [6, 6.07) is 17.2. The van der Waals surface area contributed by atoms with E-state index in [0.29, 0.717) is 22.2 Å². The number of anilines is 1. The summed E-state index contributed by atoms with van der Waals surface area (Å²) in [7, 11) is 1.63. The van der Waals surface area contributed by atoms with E-state index in [2.05, 4.69) is 10.6 Å². The summed E-state index contributed by atoms with van der Waals surface area (Å²) in [5, 5.41) is 5.92. The van der Waals surface area contributed by atoms with Gasteiger partial charge in [0.25, 0.3) is 11.8 Å². The molecule has 0 radical (unpaired) electrons. The first kappa shape index (κ1) is 19.2. The number of hydrogen-bond donors (Lipinski definition) is 2. The lowest BCUT2D eigenvalue weighted by Gasteiger charge is -2.10. The van der Waals surface area contributed by atoms with Crippen molar-refractivity contribution in [2.45, 2.75) is 25.8 Å². The fourth-order valence-electron chi connectivity index (χ4n) is 2.95. The standard InChI is InChI=1S/C23H22N2O3S/c1-14-3-4-16(22(26)24-17-7-8-17)13-19(14)25-23(27)21-12-11-20(29-21)15-5-9-18(28-2)10-6-15/h3-6,9-13,17H,7-8H2,1-2H3,(H,24,26)(H,25,27). The number of carbonyl (C=O) groups is 2. The Morgan fingerprint density at radius 2 is 1.76 bits per heavy atom. The lowest BCUT2D eigenvalue weighted by molar-refractivity contribution is 0.0949. The molecule has 2 amide bonds. The number of rotatable bonds is 6. The number of thiophene rings is 1. The number of methoxy groups -OCH3 is 1. The van der Waals surface area contributed by atoms with Crippen molar-refractivity contribution < 1.29 is 14.3 Å². The van der Waals surface area contributed by atoms with Crippen molar-refractivity contribution in [3.63, 3.8) is 0 Å². The second-order valence-electron chi connectivity index (χ2n) is 7.12. The lowest BCUT2D eigenvalue weighted by atomic mass is 10.1. The molecular weight excluding hydrogens is 384 g/mol. The van der Waals surface area contributed by atoms with Gasteiger partial charge in [-0.1, -0.05) is 6.07 Å². The van der Waals surface area contributed by atoms with E-state index < -0.39 is 0 Å². The zero-order valence-electron chi connectivity index (χ0n) is 16.3. The van der Waals surface area contributed by atoms with Crippen LogP contribution in [-0.2, 0) is 0 Å². The molecule has 1 fully saturated rings. The van der Waals surface area contributed by atoms with Crippen LogP contribution in [0.5, 0.6) is 5.75 Å². The molecule has 3 aromatic rings. The maximum atomic E-state index is 12.8. The fraction of sp³-hybridized carbons (Fsp3) is 0.217. The summed E-state index contributed by atoms with van der Waals surface area (Å²) in [6.45, 7) is 1.91. The maximum absolute atomic E-state index is 12.8. The van der Waals surface area contributed by atoms with Gasteiger partial charge in [0.1, 0.15) is 5.75 Å². The summed E-state index contributed by atoms with van der Waals surface area (Å²) < 4.78 is 5.19. The molecule has 1 heterocycles. The first-order valence-electron chi connectivity index (χ1n) is 9.50. The van der Waals surface area contributed by atoms with E-state index in [4.69, 9.17) is 4.74 Å². The molecule has 1 saturated carbocycles. The van der Waals surface area contributed by atoms with Crippen LogP contribution >= 0.6 is 11.3 Å². The van der Waals surface area contributed by atoms with Crippen molar-refractivity contribution in [2.24, 2.45) is 0 Å². The van der Waals surface area contributed by atoms with Crippen LogP contribution < -0.4 is 15.4 Å². The summed E-state index contributed by atoms with van der Waals surface area (Å²) in [4.78, 5) is 26.7. The molecule has 1 aliphatic rings. The van der Waals surface area contributed by atoms with Crippen LogP contribution in [0, 0.1) is 6.92 Å². The van der Waals surface area contributed by atoms with Gasteiger partial charge in [-0.3, -0.25) is 9.59 Å². The highest BCUT2D eigenvalue weighted by Gasteiger charge is 2.24. The lowest BCUT2D eigenvalue weighted by Crippen LogP contribution is -2.25. The summed E-state index contributed by atoms with van der Waals surface area (Å²) in [5.74, 6) is 0.517. The minimum Gasteiger partial charge on any atom is -0.497 e. The van der Waals surface area contributed by atoms with Crippen LogP contribution in [0.25, 0.3) is 10.4 Å². The van der Waals surface area contributed by atoms with Gasteiger partial charge < -0.3 is 15.4 Å². The number of ether oxygens (including phenoxy) is 1. The van der Waals surface area contributed by atoms with E-state index in [0.717, 1.165) is 34.6 Å². The highest BCUT2D eigenvalue weighted by molar-refractivity contribution is 7.17. The van der Waals surface area contributed by atoms with Crippen molar-refractivity contribution in [1.82, 2.24) is 5.32 Å². The van der Waals surface area contributed by atoms with Crippen LogP contribution in [-0.4, -0.2) is 25.0 Å². The first-order valence-corrected chi connectivity index (χ1v) is 10.3. The minimum atomic E-state index is -0.183. The third kappa shape index (κ3) is 4.49. The predicted molar refractivity (Wildman–Crippen MR) is 116 cm³/mol. The Morgan fingerprint density at radius 3 is 2.45 bits per heavy atom. The maximum Gasteiger partial charge on any atom is 0.265 e. The number of aryl methyl sites for hydroxylation is 1. The number of amides is 2. The molecule has 0 unspecified atom stereocenters. The van der Waals surface area contributed by atoms with E-state index in [1.165, 1.54) is 11.3 Å². The van der Waals surface area contributed by atoms with Crippen LogP contribution in [0.1, 0.15) is 38.4 Å². The largest absolute Gasteiger partial charge is 0.497 e. The highest BCUT2D eigenvalue weighted by Crippen LogP contribution is 2.30. The van der Waals surface area contributed by atoms with E-state index >= 15 is 0 Å². The van der Waals surface area contributed by atoms with Crippen LogP contribution in [0.3, 0.4) is 0 Å². The third-order valence-electron chi connectivity index (χ3n) is 4.86. The molecule has 148 valence electrons. The Bertz CT molecular complexity index is 1050. The van der Waals surface area contributed by atoms with Gasteiger partial charge in [-0.05, 0) is 79.4 Å². The van der Waals surface area contributed by atoms with Gasteiger partial charge in [0.05, 0.1) is 12.0 Å². The molecule has 2 aromatic carbocycles. The number of benzene rings is 2. The highest BCUT2D eigenvalue weighted by atomic mass is 32.1. The monoisotopic (exact) mass is 406 g/mol. The van der Waals surface area contributed by atoms with E-state index in [1.54, 1.807) is 19.2 Å². The van der Waals surface area contributed by atoms with Crippen molar-refractivity contribution in [2.75, 3.05) is 12.4 Å². The zero-order valence-corrected chi connectivity index (χ0v) is 17.1. The molecule has 1 aromatic heterocycles. The minimum absolute atomic E-state index is 0.0964. The molecular formula is C23H22N2O3S. The van der Waals surface area contributed by atoms with Crippen molar-refractivity contribution >= 4 is 28.8 Å². The van der Waals surface area contributed by atoms with Gasteiger partial charge in [-0.25, -0.2) is 0 Å². The molecule has 0 bridgehead atoms. The molecule has 0 atom stereocenters. The molecule has 29 heavy (non-hydrogen) atoms. The third-order valence-corrected chi connectivity index (χ3v) is 6.00. The first-order chi connectivity index (χ1) is 14.0. The molecule has 0 aliphatic heterocycles. The molecule has 4 rings (SSSR count). The summed E-state index contributed by atoms with van der Waals surface area (Å²) in [6.07, 6.45) is 2.08. The molecule has 5 nitrogen and oxygen atoms in total. The van der Waals surface area contributed by atoms with Gasteiger partial charge in [0, 0.05) is 22.2 Å². The Labute approximate surface area is 173 Å². The second-order valence-corrected chi connectivity index (χ2v) is 8.21. The van der Waals surface area contributed by atoms with Gasteiger partial charge in [-0.15, -0.1) is 11.3 Å². The SMILES string of the molecule is COc1ccc(-c2ccc(C(=O)Nc3cc(C(=O)NC4CC4)ccc3C)s2)cc1. The van der Waals surface area contributed by atoms with E-state index in [-0.39, 0.29) is 11.8 Å². The van der Waals surface area contributed by atoms with Gasteiger partial charge in [0.15, 0.2) is 0 Å². The van der Waals surface area contributed by atoms with Crippen molar-refractivity contribution in [3.8, 4) is 16.2 Å². The fourth-order valence-corrected chi connectivity index (χ4v) is 3.86. The van der Waals surface area contributed by atoms with Gasteiger partial charge >= 0.3 is 0 Å². The quantitative estimate of drug-likeness (QED) is 0.613. The molecule has 0 saturated heterocycles. The Kier molecular flexibility index (Phi) is 5.36. The normalized spacial score (nSPS) is 13.0. The van der Waals surface area contributed by atoms with Crippen molar-refractivity contribution in [1.29, 1.82) is 0 Å². The smallest absolute Gasteiger partial charge is 0.265 e. The Balaban J connectivity index is 1.49. The van der Waals surface area contributed by atoms with E-state index in [9.17, 15) is 9.59 Å². The second kappa shape index (κ2) is 8.09. The van der Waals surface area contributed by atoms with Gasteiger partial charge in [-0.2, -0.15) is 0 Å². The van der Waals surface area contributed by atoms with Gasteiger partial charge in [0.2, 0.25) is 0 Å². The van der Waals surface area contributed by atoms with Crippen LogP contribution in [0.4, 0.5) is 5.69 Å². The molecule has 6 heteroatoms. The van der Waals surface area contributed by atoms with E-state index in [1.807, 2.05) is 49.4 Å². The summed E-state index contributed by atoms with van der Waals surface area (Å²) >= 11 is 1.43. The summed E-state index contributed by atoms with van der Waals surface area (Å²) in [5.41, 5.74) is 3.15. The number of carbonyl (C=O) groups excluding carboxylic acids is 2. The average molecular weight is 407 g/mol. The molecule has 0 spiro atoms. The predicted octanol–water partition coefficient (Wildman–Crippen LogP) is 4.88. The molecule has 2 N–H and O–H groups in total. The Morgan fingerprint density at radius 1 is 1.00 bits per heavy atom. The zero-order chi connectivity index (χ0) is 20.4. The Hall–Kier alpha value is -3.12. The van der Waals surface area contributed by atoms with Crippen molar-refractivity contribution in [3.05, 3.63) is 70.6 Å². The topological polar surface area (TPSA) is 67.4 Å². The average Bonchev–Trinajstić information content (AvgIpc) is 3.40. The number of hydrogen-bond acceptors (Lipinski definition) is 4. The van der Waals surface area contributed by atoms with Crippen LogP contribution in [0.2, 0.25) is 0 Å². The number of nitrogens with one attached hydrogen (secondary N) is 2. The molecule has 1 aliphatic carbocycles. The van der Waals surface area contributed by atoms with Crippen LogP contribution in [0.15, 0.2) is 54.6 Å².